The van der Waals surface area contributed by atoms with E-state index in [1.54, 1.807) is 0 Å². The van der Waals surface area contributed by atoms with Gasteiger partial charge in [0.25, 0.3) is 0 Å². The number of ether oxygens (including phenoxy) is 2. The second kappa shape index (κ2) is 6.99. The Labute approximate surface area is 146 Å². The maximum Gasteiger partial charge on any atom is 0.161 e. The molecule has 0 radical (unpaired) electrons. The van der Waals surface area contributed by atoms with Crippen LogP contribution in [0.4, 0.5) is 0 Å². The molecule has 2 heterocycles. The molecule has 25 heavy (non-hydrogen) atoms. The SMILES string of the molecule is OCc1cn(Cc2ccccc2)nc1-c1ccc2c(c1)OCCCO2. The second-order valence-electron chi connectivity index (χ2n) is 6.06. The van der Waals surface area contributed by atoms with Crippen LogP contribution in [0.3, 0.4) is 0 Å². The summed E-state index contributed by atoms with van der Waals surface area (Å²) in [6.45, 7) is 1.92. The van der Waals surface area contributed by atoms with Gasteiger partial charge in [-0.15, -0.1) is 0 Å². The number of benzene rings is 2. The molecule has 0 fully saturated rings. The number of fused-ring (bicyclic) bond motifs is 1. The molecule has 0 spiro atoms. The van der Waals surface area contributed by atoms with Crippen molar-refractivity contribution in [2.24, 2.45) is 0 Å². The van der Waals surface area contributed by atoms with E-state index in [0.717, 1.165) is 34.7 Å². The maximum absolute atomic E-state index is 9.73. The zero-order valence-electron chi connectivity index (χ0n) is 13.9. The van der Waals surface area contributed by atoms with E-state index in [-0.39, 0.29) is 6.61 Å². The lowest BCUT2D eigenvalue weighted by Gasteiger charge is -2.09. The number of rotatable bonds is 4. The van der Waals surface area contributed by atoms with Crippen molar-refractivity contribution in [1.82, 2.24) is 9.78 Å². The van der Waals surface area contributed by atoms with E-state index >= 15 is 0 Å². The maximum atomic E-state index is 9.73. The molecule has 0 unspecified atom stereocenters. The van der Waals surface area contributed by atoms with Gasteiger partial charge in [0.05, 0.1) is 32.1 Å². The Morgan fingerprint density at radius 3 is 2.60 bits per heavy atom. The van der Waals surface area contributed by atoms with Gasteiger partial charge in [-0.3, -0.25) is 4.68 Å². The highest BCUT2D eigenvalue weighted by atomic mass is 16.5. The highest BCUT2D eigenvalue weighted by Gasteiger charge is 2.15. The van der Waals surface area contributed by atoms with Crippen molar-refractivity contribution in [2.45, 2.75) is 19.6 Å². The lowest BCUT2D eigenvalue weighted by atomic mass is 10.1. The third-order valence-corrected chi connectivity index (χ3v) is 4.22. The van der Waals surface area contributed by atoms with Gasteiger partial charge in [-0.1, -0.05) is 30.3 Å². The van der Waals surface area contributed by atoms with E-state index in [1.165, 1.54) is 5.56 Å². The first-order chi connectivity index (χ1) is 12.3. The van der Waals surface area contributed by atoms with Crippen LogP contribution in [0.15, 0.2) is 54.7 Å². The highest BCUT2D eigenvalue weighted by molar-refractivity contribution is 5.66. The summed E-state index contributed by atoms with van der Waals surface area (Å²) in [6.07, 6.45) is 2.77. The van der Waals surface area contributed by atoms with Crippen molar-refractivity contribution in [3.63, 3.8) is 0 Å². The van der Waals surface area contributed by atoms with Crippen LogP contribution in [0.1, 0.15) is 17.5 Å². The predicted molar refractivity (Wildman–Crippen MR) is 94.7 cm³/mol. The summed E-state index contributed by atoms with van der Waals surface area (Å²) in [5.74, 6) is 1.49. The molecule has 0 atom stereocenters. The Morgan fingerprint density at radius 2 is 1.80 bits per heavy atom. The lowest BCUT2D eigenvalue weighted by Crippen LogP contribution is -2.00. The zero-order valence-corrected chi connectivity index (χ0v) is 13.9. The van der Waals surface area contributed by atoms with Crippen LogP contribution >= 0.6 is 0 Å². The minimum atomic E-state index is -0.0570. The summed E-state index contributed by atoms with van der Waals surface area (Å²) in [4.78, 5) is 0. The molecule has 1 aromatic heterocycles. The van der Waals surface area contributed by atoms with Gasteiger partial charge in [0, 0.05) is 23.7 Å². The average molecular weight is 336 g/mol. The Balaban J connectivity index is 1.67. The van der Waals surface area contributed by atoms with Gasteiger partial charge in [0.2, 0.25) is 0 Å². The summed E-state index contributed by atoms with van der Waals surface area (Å²) in [5.41, 5.74) is 3.65. The van der Waals surface area contributed by atoms with Crippen molar-refractivity contribution in [2.75, 3.05) is 13.2 Å². The molecule has 0 amide bonds. The van der Waals surface area contributed by atoms with Gasteiger partial charge in [0.1, 0.15) is 0 Å². The topological polar surface area (TPSA) is 56.5 Å². The molecule has 1 aliphatic heterocycles. The molecule has 0 aliphatic carbocycles. The normalized spacial score (nSPS) is 13.5. The molecule has 1 aliphatic rings. The van der Waals surface area contributed by atoms with E-state index < -0.39 is 0 Å². The van der Waals surface area contributed by atoms with Crippen LogP contribution in [0.2, 0.25) is 0 Å². The van der Waals surface area contributed by atoms with Gasteiger partial charge in [-0.25, -0.2) is 0 Å². The van der Waals surface area contributed by atoms with Crippen LogP contribution in [-0.4, -0.2) is 28.1 Å². The molecule has 0 saturated heterocycles. The summed E-state index contributed by atoms with van der Waals surface area (Å²) < 4.78 is 13.3. The molecule has 128 valence electrons. The first kappa shape index (κ1) is 15.7. The smallest absolute Gasteiger partial charge is 0.161 e. The van der Waals surface area contributed by atoms with E-state index in [1.807, 2.05) is 47.3 Å². The van der Waals surface area contributed by atoms with Gasteiger partial charge in [-0.05, 0) is 23.8 Å². The number of hydrogen-bond acceptors (Lipinski definition) is 4. The molecule has 3 aromatic rings. The summed E-state index contributed by atoms with van der Waals surface area (Å²) in [5, 5.41) is 14.4. The molecule has 1 N–H and O–H groups in total. The molecule has 0 bridgehead atoms. The Morgan fingerprint density at radius 1 is 1.00 bits per heavy atom. The number of aromatic nitrogens is 2. The summed E-state index contributed by atoms with van der Waals surface area (Å²) >= 11 is 0. The van der Waals surface area contributed by atoms with Crippen molar-refractivity contribution in [3.8, 4) is 22.8 Å². The third kappa shape index (κ3) is 3.37. The van der Waals surface area contributed by atoms with E-state index in [9.17, 15) is 5.11 Å². The monoisotopic (exact) mass is 336 g/mol. The molecule has 5 heteroatoms. The van der Waals surface area contributed by atoms with Crippen LogP contribution in [0.5, 0.6) is 11.5 Å². The van der Waals surface area contributed by atoms with Crippen molar-refractivity contribution in [3.05, 3.63) is 65.9 Å². The number of aliphatic hydroxyl groups is 1. The van der Waals surface area contributed by atoms with Crippen LogP contribution in [0, 0.1) is 0 Å². The Bertz CT molecular complexity index is 859. The second-order valence-corrected chi connectivity index (χ2v) is 6.06. The molecular weight excluding hydrogens is 316 g/mol. The molecule has 2 aromatic carbocycles. The first-order valence-corrected chi connectivity index (χ1v) is 8.44. The minimum Gasteiger partial charge on any atom is -0.490 e. The number of aliphatic hydroxyl groups excluding tert-OH is 1. The average Bonchev–Trinajstić information content (AvgIpc) is 2.91. The number of hydrogen-bond donors (Lipinski definition) is 1. The van der Waals surface area contributed by atoms with Crippen molar-refractivity contribution >= 4 is 0 Å². The molecule has 4 rings (SSSR count). The summed E-state index contributed by atoms with van der Waals surface area (Å²) in [6, 6.07) is 16.0. The molecular formula is C20H20N2O3. The Hall–Kier alpha value is -2.79. The van der Waals surface area contributed by atoms with E-state index in [2.05, 4.69) is 17.2 Å². The molecule has 0 saturated carbocycles. The fourth-order valence-corrected chi connectivity index (χ4v) is 2.98. The highest BCUT2D eigenvalue weighted by Crippen LogP contribution is 2.34. The summed E-state index contributed by atoms with van der Waals surface area (Å²) in [7, 11) is 0. The van der Waals surface area contributed by atoms with Crippen LogP contribution in [-0.2, 0) is 13.2 Å². The van der Waals surface area contributed by atoms with Crippen molar-refractivity contribution < 1.29 is 14.6 Å². The zero-order chi connectivity index (χ0) is 17.1. The van der Waals surface area contributed by atoms with Gasteiger partial charge in [0.15, 0.2) is 11.5 Å². The van der Waals surface area contributed by atoms with Crippen LogP contribution < -0.4 is 9.47 Å². The van der Waals surface area contributed by atoms with E-state index in [0.29, 0.717) is 19.8 Å². The third-order valence-electron chi connectivity index (χ3n) is 4.22. The predicted octanol–water partition coefficient (Wildman–Crippen LogP) is 3.25. The number of nitrogens with zero attached hydrogens (tertiary/aromatic N) is 2. The van der Waals surface area contributed by atoms with Gasteiger partial charge in [-0.2, -0.15) is 5.10 Å². The Kier molecular flexibility index (Phi) is 4.39. The van der Waals surface area contributed by atoms with E-state index in [4.69, 9.17) is 9.47 Å². The fourth-order valence-electron chi connectivity index (χ4n) is 2.98. The minimum absolute atomic E-state index is 0.0570. The van der Waals surface area contributed by atoms with Crippen molar-refractivity contribution in [1.29, 1.82) is 0 Å². The molecule has 5 nitrogen and oxygen atoms in total. The van der Waals surface area contributed by atoms with Crippen LogP contribution in [0.25, 0.3) is 11.3 Å². The first-order valence-electron chi connectivity index (χ1n) is 8.44. The van der Waals surface area contributed by atoms with Gasteiger partial charge < -0.3 is 14.6 Å². The lowest BCUT2D eigenvalue weighted by molar-refractivity contribution is 0.282. The fraction of sp³-hybridized carbons (Fsp3) is 0.250. The van der Waals surface area contributed by atoms with Gasteiger partial charge >= 0.3 is 0 Å². The quantitative estimate of drug-likeness (QED) is 0.794. The largest absolute Gasteiger partial charge is 0.490 e. The standard InChI is InChI=1S/C20H20N2O3/c23-14-17-13-22(12-15-5-2-1-3-6-15)21-20(17)16-7-8-18-19(11-16)25-10-4-9-24-18/h1-3,5-8,11,13,23H,4,9-10,12,14H2.